The topological polar surface area (TPSA) is 79.0 Å². The Kier molecular flexibility index (Phi) is 3.82. The van der Waals surface area contributed by atoms with Gasteiger partial charge in [0, 0.05) is 18.3 Å². The van der Waals surface area contributed by atoms with Crippen LogP contribution in [0.4, 0.5) is 5.69 Å². The van der Waals surface area contributed by atoms with Gasteiger partial charge in [0.05, 0.1) is 13.2 Å². The molecule has 0 aromatic heterocycles. The Bertz CT molecular complexity index is 967. The lowest BCUT2D eigenvalue weighted by Crippen LogP contribution is -2.62. The second kappa shape index (κ2) is 6.08. The molecule has 3 amide bonds. The number of amides is 3. The van der Waals surface area contributed by atoms with Crippen LogP contribution in [0.15, 0.2) is 29.8 Å². The van der Waals surface area contributed by atoms with E-state index < -0.39 is 17.5 Å². The number of hydrogen-bond donors (Lipinski definition) is 1. The normalized spacial score (nSPS) is 32.2. The van der Waals surface area contributed by atoms with Crippen LogP contribution in [-0.2, 0) is 19.8 Å². The SMILES string of the molecule is COc1ccc2c(c1)NC(=O)[C@@]21C[C@H]2C(=O)N3CCC[C@H]3C(=O)N2[C@@H]1C=C(C)C. The highest BCUT2D eigenvalue weighted by molar-refractivity contribution is 6.10. The number of carbonyl (C=O) groups is 3. The molecule has 3 fully saturated rings. The minimum absolute atomic E-state index is 0.0223. The summed E-state index contributed by atoms with van der Waals surface area (Å²) in [5.41, 5.74) is 1.58. The van der Waals surface area contributed by atoms with Gasteiger partial charge in [0.2, 0.25) is 17.7 Å². The Hall–Kier alpha value is -2.83. The van der Waals surface area contributed by atoms with Crippen molar-refractivity contribution in [3.63, 3.8) is 0 Å². The van der Waals surface area contributed by atoms with Crippen molar-refractivity contribution in [1.29, 1.82) is 0 Å². The number of fused-ring (bicyclic) bond motifs is 4. The highest BCUT2D eigenvalue weighted by Crippen LogP contribution is 2.53. The maximum absolute atomic E-state index is 13.4. The largest absolute Gasteiger partial charge is 0.497 e. The summed E-state index contributed by atoms with van der Waals surface area (Å²) >= 11 is 0. The summed E-state index contributed by atoms with van der Waals surface area (Å²) in [5.74, 6) is 0.453. The van der Waals surface area contributed by atoms with Gasteiger partial charge in [-0.1, -0.05) is 17.7 Å². The first-order valence-electron chi connectivity index (χ1n) is 10.2. The van der Waals surface area contributed by atoms with Crippen LogP contribution in [0.25, 0.3) is 0 Å². The minimum atomic E-state index is -0.964. The van der Waals surface area contributed by atoms with Crippen molar-refractivity contribution in [1.82, 2.24) is 9.80 Å². The number of methoxy groups -OCH3 is 1. The summed E-state index contributed by atoms with van der Waals surface area (Å²) in [6, 6.07) is 4.07. The van der Waals surface area contributed by atoms with E-state index in [1.54, 1.807) is 23.0 Å². The molecule has 4 aliphatic heterocycles. The fraction of sp³-hybridized carbons (Fsp3) is 0.500. The number of benzene rings is 1. The summed E-state index contributed by atoms with van der Waals surface area (Å²) in [6.45, 7) is 4.54. The fourth-order valence-corrected chi connectivity index (χ4v) is 5.64. The Balaban J connectivity index is 1.69. The van der Waals surface area contributed by atoms with Crippen molar-refractivity contribution in [3.8, 4) is 5.75 Å². The maximum atomic E-state index is 13.4. The van der Waals surface area contributed by atoms with Crippen molar-refractivity contribution < 1.29 is 19.1 Å². The predicted octanol–water partition coefficient (Wildman–Crippen LogP) is 1.83. The van der Waals surface area contributed by atoms with E-state index >= 15 is 0 Å². The number of nitrogens with one attached hydrogen (secondary N) is 1. The standard InChI is InChI=1S/C22H25N3O4/c1-12(2)9-18-22(14-7-6-13(29-3)10-15(14)23-21(22)28)11-17-19(26)24-8-4-5-16(24)20(27)25(17)18/h6-7,9-10,16-18H,4-5,8,11H2,1-3H3,(H,23,28)/t16-,17-,18+,22-/m0/s1. The van der Waals surface area contributed by atoms with Crippen molar-refractivity contribution in [2.75, 3.05) is 19.0 Å². The molecule has 4 heterocycles. The molecule has 4 aliphatic rings. The Morgan fingerprint density at radius 1 is 1.21 bits per heavy atom. The van der Waals surface area contributed by atoms with Crippen molar-refractivity contribution in [3.05, 3.63) is 35.4 Å². The number of nitrogens with zero attached hydrogens (tertiary/aromatic N) is 2. The Morgan fingerprint density at radius 2 is 2.00 bits per heavy atom. The monoisotopic (exact) mass is 395 g/mol. The molecule has 1 aromatic rings. The number of ether oxygens (including phenoxy) is 1. The van der Waals surface area contributed by atoms with Gasteiger partial charge >= 0.3 is 0 Å². The third kappa shape index (κ3) is 2.27. The summed E-state index contributed by atoms with van der Waals surface area (Å²) in [6.07, 6.45) is 3.84. The van der Waals surface area contributed by atoms with Gasteiger partial charge in [-0.2, -0.15) is 0 Å². The average Bonchev–Trinajstić information content (AvgIpc) is 3.36. The smallest absolute Gasteiger partial charge is 0.246 e. The van der Waals surface area contributed by atoms with E-state index in [1.807, 2.05) is 32.1 Å². The molecule has 5 rings (SSSR count). The van der Waals surface area contributed by atoms with Crippen LogP contribution in [0.1, 0.15) is 38.7 Å². The van der Waals surface area contributed by atoms with Gasteiger partial charge in [-0.05, 0) is 44.7 Å². The second-order valence-electron chi connectivity index (χ2n) is 8.68. The van der Waals surface area contributed by atoms with Crippen LogP contribution in [0.3, 0.4) is 0 Å². The molecule has 1 spiro atoms. The van der Waals surface area contributed by atoms with Gasteiger partial charge in [-0.15, -0.1) is 0 Å². The Labute approximate surface area is 169 Å². The number of rotatable bonds is 2. The third-order valence-corrected chi connectivity index (χ3v) is 6.87. The minimum Gasteiger partial charge on any atom is -0.497 e. The number of carbonyl (C=O) groups excluding carboxylic acids is 3. The molecule has 7 nitrogen and oxygen atoms in total. The molecular formula is C22H25N3O4. The zero-order valence-electron chi connectivity index (χ0n) is 16.9. The zero-order chi connectivity index (χ0) is 20.5. The van der Waals surface area contributed by atoms with E-state index in [2.05, 4.69) is 5.32 Å². The average molecular weight is 395 g/mol. The number of allylic oxidation sites excluding steroid dienone is 1. The number of hydrogen-bond acceptors (Lipinski definition) is 4. The lowest BCUT2D eigenvalue weighted by molar-refractivity contribution is -0.158. The molecule has 1 N–H and O–H groups in total. The molecule has 0 unspecified atom stereocenters. The molecule has 29 heavy (non-hydrogen) atoms. The lowest BCUT2D eigenvalue weighted by Gasteiger charge is -2.41. The molecule has 1 aromatic carbocycles. The van der Waals surface area contributed by atoms with Crippen molar-refractivity contribution in [2.45, 2.75) is 56.7 Å². The van der Waals surface area contributed by atoms with Gasteiger partial charge in [0.15, 0.2) is 0 Å². The highest BCUT2D eigenvalue weighted by atomic mass is 16.5. The summed E-state index contributed by atoms with van der Waals surface area (Å²) in [7, 11) is 1.58. The van der Waals surface area contributed by atoms with E-state index in [9.17, 15) is 14.4 Å². The third-order valence-electron chi connectivity index (χ3n) is 6.87. The zero-order valence-corrected chi connectivity index (χ0v) is 16.9. The van der Waals surface area contributed by atoms with Crippen LogP contribution in [-0.4, -0.2) is 59.3 Å². The summed E-state index contributed by atoms with van der Waals surface area (Å²) in [4.78, 5) is 43.6. The van der Waals surface area contributed by atoms with E-state index in [4.69, 9.17) is 4.74 Å². The predicted molar refractivity (Wildman–Crippen MR) is 107 cm³/mol. The second-order valence-corrected chi connectivity index (χ2v) is 8.68. The lowest BCUT2D eigenvalue weighted by atomic mass is 9.73. The van der Waals surface area contributed by atoms with Gasteiger partial charge in [0.1, 0.15) is 23.2 Å². The van der Waals surface area contributed by atoms with Crippen molar-refractivity contribution >= 4 is 23.4 Å². The Morgan fingerprint density at radius 3 is 2.72 bits per heavy atom. The first-order valence-corrected chi connectivity index (χ1v) is 10.2. The summed E-state index contributed by atoms with van der Waals surface area (Å²) in [5, 5.41) is 2.99. The highest BCUT2D eigenvalue weighted by Gasteiger charge is 2.66. The van der Waals surface area contributed by atoms with Gasteiger partial charge in [-0.25, -0.2) is 0 Å². The van der Waals surface area contributed by atoms with Gasteiger partial charge in [0.25, 0.3) is 0 Å². The molecule has 0 bridgehead atoms. The first kappa shape index (κ1) is 18.2. The van der Waals surface area contributed by atoms with Crippen LogP contribution in [0, 0.1) is 0 Å². The van der Waals surface area contributed by atoms with E-state index in [0.717, 1.165) is 17.6 Å². The van der Waals surface area contributed by atoms with Crippen LogP contribution in [0.5, 0.6) is 5.75 Å². The van der Waals surface area contributed by atoms with Crippen molar-refractivity contribution in [2.24, 2.45) is 0 Å². The quantitative estimate of drug-likeness (QED) is 0.775. The molecule has 7 heteroatoms. The van der Waals surface area contributed by atoms with E-state index in [-0.39, 0.29) is 23.8 Å². The molecular weight excluding hydrogens is 370 g/mol. The van der Waals surface area contributed by atoms with Gasteiger partial charge < -0.3 is 19.9 Å². The molecule has 152 valence electrons. The molecule has 4 atom stereocenters. The molecule has 0 aliphatic carbocycles. The van der Waals surface area contributed by atoms with Crippen LogP contribution >= 0.6 is 0 Å². The van der Waals surface area contributed by atoms with E-state index in [1.165, 1.54) is 0 Å². The molecule has 0 radical (unpaired) electrons. The first-order chi connectivity index (χ1) is 13.9. The van der Waals surface area contributed by atoms with Crippen LogP contribution in [0.2, 0.25) is 0 Å². The van der Waals surface area contributed by atoms with E-state index in [0.29, 0.717) is 30.8 Å². The van der Waals surface area contributed by atoms with Gasteiger partial charge in [-0.3, -0.25) is 14.4 Å². The maximum Gasteiger partial charge on any atom is 0.246 e. The number of piperazine rings is 1. The molecule has 3 saturated heterocycles. The molecule has 0 saturated carbocycles. The summed E-state index contributed by atoms with van der Waals surface area (Å²) < 4.78 is 5.31. The number of anilines is 1. The van der Waals surface area contributed by atoms with Crippen LogP contribution < -0.4 is 10.1 Å². The fourth-order valence-electron chi connectivity index (χ4n) is 5.64.